The molecule has 1 saturated carbocycles. The van der Waals surface area contributed by atoms with Gasteiger partial charge in [0.15, 0.2) is 5.13 Å². The van der Waals surface area contributed by atoms with Crippen LogP contribution in [0.15, 0.2) is 11.6 Å². The molecule has 3 rings (SSSR count). The van der Waals surface area contributed by atoms with Gasteiger partial charge in [-0.15, -0.1) is 11.3 Å². The number of amides is 2. The van der Waals surface area contributed by atoms with Gasteiger partial charge in [-0.25, -0.2) is 9.78 Å². The number of anilines is 1. The van der Waals surface area contributed by atoms with E-state index in [4.69, 9.17) is 5.73 Å². The first-order valence-corrected chi connectivity index (χ1v) is 9.05. The molecule has 2 unspecified atom stereocenters. The molecule has 2 fully saturated rings. The minimum atomic E-state index is -0.0354. The van der Waals surface area contributed by atoms with Crippen LogP contribution >= 0.6 is 11.3 Å². The van der Waals surface area contributed by atoms with Gasteiger partial charge in [0.2, 0.25) is 0 Å². The van der Waals surface area contributed by atoms with E-state index in [2.05, 4.69) is 20.5 Å². The summed E-state index contributed by atoms with van der Waals surface area (Å²) in [5.41, 5.74) is 5.96. The predicted molar refractivity (Wildman–Crippen MR) is 89.2 cm³/mol. The molecule has 2 atom stereocenters. The molecule has 0 radical (unpaired) electrons. The van der Waals surface area contributed by atoms with Crippen LogP contribution in [0.3, 0.4) is 0 Å². The molecule has 2 aliphatic rings. The molecule has 2 heterocycles. The van der Waals surface area contributed by atoms with Crippen molar-refractivity contribution < 1.29 is 4.79 Å². The van der Waals surface area contributed by atoms with E-state index in [1.54, 1.807) is 11.3 Å². The second-order valence-electron chi connectivity index (χ2n) is 6.32. The highest BCUT2D eigenvalue weighted by atomic mass is 32.1. The average Bonchev–Trinajstić information content (AvgIpc) is 3.02. The zero-order chi connectivity index (χ0) is 15.4. The Morgan fingerprint density at radius 1 is 1.23 bits per heavy atom. The molecular formula is C15H25N5OS. The van der Waals surface area contributed by atoms with Gasteiger partial charge in [0.25, 0.3) is 0 Å². The van der Waals surface area contributed by atoms with E-state index in [0.29, 0.717) is 0 Å². The largest absolute Gasteiger partial charge is 0.348 e. The van der Waals surface area contributed by atoms with Gasteiger partial charge in [-0.05, 0) is 38.5 Å². The van der Waals surface area contributed by atoms with Crippen molar-refractivity contribution in [2.24, 2.45) is 5.73 Å². The molecule has 4 N–H and O–H groups in total. The number of thiazole rings is 1. The molecule has 1 saturated heterocycles. The van der Waals surface area contributed by atoms with Crippen molar-refractivity contribution in [3.8, 4) is 0 Å². The SMILES string of the molecule is NC1CCCC(NC(=O)NC2CCN(c3nccs3)CC2)C1. The smallest absolute Gasteiger partial charge is 0.315 e. The van der Waals surface area contributed by atoms with Crippen molar-refractivity contribution >= 4 is 22.5 Å². The summed E-state index contributed by atoms with van der Waals surface area (Å²) in [6, 6.07) is 0.694. The van der Waals surface area contributed by atoms with E-state index in [9.17, 15) is 4.79 Å². The highest BCUT2D eigenvalue weighted by Crippen LogP contribution is 2.22. The Morgan fingerprint density at radius 2 is 2.00 bits per heavy atom. The lowest BCUT2D eigenvalue weighted by atomic mass is 9.92. The standard InChI is InChI=1S/C15H25N5OS/c16-11-2-1-3-13(10-11)19-14(21)18-12-4-7-20(8-5-12)15-17-6-9-22-15/h6,9,11-13H,1-5,7-8,10,16H2,(H2,18,19,21). The third-order valence-corrected chi connectivity index (χ3v) is 5.40. The van der Waals surface area contributed by atoms with Gasteiger partial charge in [0.05, 0.1) is 0 Å². The summed E-state index contributed by atoms with van der Waals surface area (Å²) >= 11 is 1.67. The molecule has 1 aromatic rings. The fourth-order valence-electron chi connectivity index (χ4n) is 3.36. The predicted octanol–water partition coefficient (Wildman–Crippen LogP) is 1.68. The number of nitrogens with zero attached hydrogens (tertiary/aromatic N) is 2. The van der Waals surface area contributed by atoms with Crippen LogP contribution in [0.1, 0.15) is 38.5 Å². The van der Waals surface area contributed by atoms with Crippen molar-refractivity contribution in [2.75, 3.05) is 18.0 Å². The number of hydrogen-bond acceptors (Lipinski definition) is 5. The van der Waals surface area contributed by atoms with Crippen LogP contribution in [-0.2, 0) is 0 Å². The molecule has 0 spiro atoms. The van der Waals surface area contributed by atoms with E-state index < -0.39 is 0 Å². The highest BCUT2D eigenvalue weighted by molar-refractivity contribution is 7.13. The van der Waals surface area contributed by atoms with E-state index in [1.807, 2.05) is 11.6 Å². The van der Waals surface area contributed by atoms with Crippen LogP contribution in [0, 0.1) is 0 Å². The number of urea groups is 1. The second-order valence-corrected chi connectivity index (χ2v) is 7.19. The normalized spacial score (nSPS) is 26.7. The summed E-state index contributed by atoms with van der Waals surface area (Å²) in [5.74, 6) is 0. The molecular weight excluding hydrogens is 298 g/mol. The summed E-state index contributed by atoms with van der Waals surface area (Å²) in [5, 5.41) is 9.28. The average molecular weight is 323 g/mol. The first-order valence-electron chi connectivity index (χ1n) is 8.18. The number of carbonyl (C=O) groups excluding carboxylic acids is 1. The molecule has 2 amide bonds. The summed E-state index contributed by atoms with van der Waals surface area (Å²) in [6.07, 6.45) is 7.91. The number of nitrogens with one attached hydrogen (secondary N) is 2. The number of nitrogens with two attached hydrogens (primary N) is 1. The summed E-state index contributed by atoms with van der Waals surface area (Å²) < 4.78 is 0. The van der Waals surface area contributed by atoms with Gasteiger partial charge in [-0.1, -0.05) is 0 Å². The molecule has 7 heteroatoms. The summed E-state index contributed by atoms with van der Waals surface area (Å²) in [4.78, 5) is 18.7. The van der Waals surface area contributed by atoms with Crippen molar-refractivity contribution in [1.82, 2.24) is 15.6 Å². The zero-order valence-corrected chi connectivity index (χ0v) is 13.6. The van der Waals surface area contributed by atoms with Crippen LogP contribution in [-0.4, -0.2) is 42.2 Å². The van der Waals surface area contributed by atoms with Crippen molar-refractivity contribution in [3.05, 3.63) is 11.6 Å². The Morgan fingerprint density at radius 3 is 2.68 bits per heavy atom. The van der Waals surface area contributed by atoms with Crippen LogP contribution < -0.4 is 21.3 Å². The second kappa shape index (κ2) is 7.28. The first-order chi connectivity index (χ1) is 10.7. The van der Waals surface area contributed by atoms with E-state index in [1.165, 1.54) is 0 Å². The van der Waals surface area contributed by atoms with Crippen LogP contribution in [0.5, 0.6) is 0 Å². The topological polar surface area (TPSA) is 83.3 Å². The molecule has 122 valence electrons. The lowest BCUT2D eigenvalue weighted by Gasteiger charge is -2.33. The fourth-order valence-corrected chi connectivity index (χ4v) is 4.06. The quantitative estimate of drug-likeness (QED) is 0.790. The number of aromatic nitrogens is 1. The van der Waals surface area contributed by atoms with E-state index >= 15 is 0 Å². The number of carbonyl (C=O) groups is 1. The zero-order valence-electron chi connectivity index (χ0n) is 12.8. The molecule has 0 aromatic carbocycles. The Balaban J connectivity index is 1.39. The monoisotopic (exact) mass is 323 g/mol. The highest BCUT2D eigenvalue weighted by Gasteiger charge is 2.24. The molecule has 1 aliphatic heterocycles. The minimum Gasteiger partial charge on any atom is -0.348 e. The van der Waals surface area contributed by atoms with Crippen LogP contribution in [0.4, 0.5) is 9.93 Å². The maximum Gasteiger partial charge on any atom is 0.315 e. The molecule has 22 heavy (non-hydrogen) atoms. The molecule has 1 aromatic heterocycles. The fraction of sp³-hybridized carbons (Fsp3) is 0.733. The van der Waals surface area contributed by atoms with Crippen LogP contribution in [0.2, 0.25) is 0 Å². The molecule has 6 nitrogen and oxygen atoms in total. The Labute approximate surface area is 135 Å². The Kier molecular flexibility index (Phi) is 5.15. The van der Waals surface area contributed by atoms with E-state index in [-0.39, 0.29) is 24.2 Å². The number of hydrogen-bond donors (Lipinski definition) is 3. The maximum absolute atomic E-state index is 12.1. The minimum absolute atomic E-state index is 0.0354. The number of piperidine rings is 1. The Hall–Kier alpha value is -1.34. The number of rotatable bonds is 3. The third kappa shape index (κ3) is 4.10. The van der Waals surface area contributed by atoms with Crippen molar-refractivity contribution in [3.63, 3.8) is 0 Å². The van der Waals surface area contributed by atoms with Crippen molar-refractivity contribution in [1.29, 1.82) is 0 Å². The lowest BCUT2D eigenvalue weighted by Crippen LogP contribution is -2.51. The van der Waals surface area contributed by atoms with Gasteiger partial charge in [-0.2, -0.15) is 0 Å². The molecule has 0 bridgehead atoms. The summed E-state index contributed by atoms with van der Waals surface area (Å²) in [6.45, 7) is 1.90. The molecule has 1 aliphatic carbocycles. The maximum atomic E-state index is 12.1. The van der Waals surface area contributed by atoms with Crippen LogP contribution in [0.25, 0.3) is 0 Å². The van der Waals surface area contributed by atoms with Gasteiger partial charge in [-0.3, -0.25) is 0 Å². The summed E-state index contributed by atoms with van der Waals surface area (Å²) in [7, 11) is 0. The van der Waals surface area contributed by atoms with E-state index in [0.717, 1.165) is 56.7 Å². The lowest BCUT2D eigenvalue weighted by molar-refractivity contribution is 0.224. The van der Waals surface area contributed by atoms with Gasteiger partial charge in [0, 0.05) is 42.8 Å². The van der Waals surface area contributed by atoms with Gasteiger partial charge >= 0.3 is 6.03 Å². The Bertz CT molecular complexity index is 472. The van der Waals surface area contributed by atoms with Gasteiger partial charge in [0.1, 0.15) is 0 Å². The third-order valence-electron chi connectivity index (χ3n) is 4.57. The van der Waals surface area contributed by atoms with Crippen molar-refractivity contribution in [2.45, 2.75) is 56.7 Å². The van der Waals surface area contributed by atoms with Gasteiger partial charge < -0.3 is 21.3 Å². The first kappa shape index (κ1) is 15.6.